The number of Topliss-reactive ketones (excluding diaryl/α,β-unsaturated/α-hetero) is 2. The van der Waals surface area contributed by atoms with Crippen molar-refractivity contribution in [2.45, 2.75) is 46.5 Å². The predicted molar refractivity (Wildman–Crippen MR) is 119 cm³/mol. The highest BCUT2D eigenvalue weighted by Gasteiger charge is 2.23. The van der Waals surface area contributed by atoms with Gasteiger partial charge in [-0.15, -0.1) is 0 Å². The normalized spacial score (nSPS) is 13.9. The molecule has 30 heavy (non-hydrogen) atoms. The lowest BCUT2D eigenvalue weighted by Gasteiger charge is -2.10. The van der Waals surface area contributed by atoms with Gasteiger partial charge < -0.3 is 10.6 Å². The molecule has 0 atom stereocenters. The smallest absolute Gasteiger partial charge is 0.221 e. The van der Waals surface area contributed by atoms with Crippen LogP contribution in [0.5, 0.6) is 0 Å². The number of carbonyl (C=O) groups is 4. The van der Waals surface area contributed by atoms with Crippen LogP contribution in [-0.4, -0.2) is 23.4 Å². The number of rotatable bonds is 2. The molecule has 156 valence electrons. The van der Waals surface area contributed by atoms with Crippen LogP contribution >= 0.6 is 15.9 Å². The van der Waals surface area contributed by atoms with Gasteiger partial charge in [-0.2, -0.15) is 0 Å². The van der Waals surface area contributed by atoms with Gasteiger partial charge in [0.1, 0.15) is 0 Å². The summed E-state index contributed by atoms with van der Waals surface area (Å²) in [7, 11) is 0. The van der Waals surface area contributed by atoms with E-state index in [0.717, 1.165) is 56.5 Å². The first-order valence-electron chi connectivity index (χ1n) is 9.74. The van der Waals surface area contributed by atoms with Crippen molar-refractivity contribution < 1.29 is 19.2 Å². The van der Waals surface area contributed by atoms with E-state index >= 15 is 0 Å². The number of fused-ring (bicyclic) bond motifs is 2. The van der Waals surface area contributed by atoms with E-state index in [9.17, 15) is 19.2 Å². The molecule has 2 aromatic carbocycles. The summed E-state index contributed by atoms with van der Waals surface area (Å²) < 4.78 is 0.834. The van der Waals surface area contributed by atoms with E-state index in [1.807, 2.05) is 13.0 Å². The van der Waals surface area contributed by atoms with Gasteiger partial charge in [-0.1, -0.05) is 0 Å². The van der Waals surface area contributed by atoms with Crippen LogP contribution in [0.1, 0.15) is 64.1 Å². The molecule has 0 radical (unpaired) electrons. The number of hydrogen-bond donors (Lipinski definition) is 2. The van der Waals surface area contributed by atoms with Crippen molar-refractivity contribution in [1.82, 2.24) is 0 Å². The molecule has 0 aliphatic heterocycles. The molecular formula is C23H23BrN2O4. The van der Waals surface area contributed by atoms with Crippen LogP contribution in [0.3, 0.4) is 0 Å². The second kappa shape index (κ2) is 8.92. The molecule has 0 unspecified atom stereocenters. The van der Waals surface area contributed by atoms with Gasteiger partial charge in [0.05, 0.1) is 5.69 Å². The lowest BCUT2D eigenvalue weighted by atomic mass is 10.0. The van der Waals surface area contributed by atoms with Gasteiger partial charge in [0.25, 0.3) is 0 Å². The Hall–Kier alpha value is -2.80. The lowest BCUT2D eigenvalue weighted by Crippen LogP contribution is -2.08. The van der Waals surface area contributed by atoms with Crippen molar-refractivity contribution in [3.8, 4) is 0 Å². The number of carbonyl (C=O) groups excluding carboxylic acids is 4. The van der Waals surface area contributed by atoms with Crippen molar-refractivity contribution >= 4 is 50.7 Å². The van der Waals surface area contributed by atoms with Gasteiger partial charge in [0.2, 0.25) is 11.8 Å². The molecule has 2 aliphatic rings. The monoisotopic (exact) mass is 470 g/mol. The van der Waals surface area contributed by atoms with Crippen LogP contribution in [-0.2, 0) is 22.4 Å². The molecule has 2 amide bonds. The molecule has 0 bridgehead atoms. The second-order valence-corrected chi connectivity index (χ2v) is 8.22. The van der Waals surface area contributed by atoms with Gasteiger partial charge in [0.15, 0.2) is 11.6 Å². The fourth-order valence-corrected chi connectivity index (χ4v) is 4.47. The van der Waals surface area contributed by atoms with Crippen LogP contribution in [0.4, 0.5) is 11.4 Å². The van der Waals surface area contributed by atoms with Crippen LogP contribution in [0.15, 0.2) is 28.7 Å². The molecule has 4 rings (SSSR count). The van der Waals surface area contributed by atoms with Crippen molar-refractivity contribution in [1.29, 1.82) is 0 Å². The number of halogens is 1. The largest absolute Gasteiger partial charge is 0.326 e. The van der Waals surface area contributed by atoms with E-state index < -0.39 is 0 Å². The third-order valence-electron chi connectivity index (χ3n) is 5.27. The first-order valence-corrected chi connectivity index (χ1v) is 10.5. The molecule has 0 fully saturated rings. The summed E-state index contributed by atoms with van der Waals surface area (Å²) >= 11 is 3.42. The summed E-state index contributed by atoms with van der Waals surface area (Å²) in [5, 5.41) is 5.49. The van der Waals surface area contributed by atoms with Crippen molar-refractivity contribution in [3.05, 3.63) is 56.6 Å². The van der Waals surface area contributed by atoms with E-state index in [-0.39, 0.29) is 23.4 Å². The topological polar surface area (TPSA) is 92.3 Å². The number of ketones is 2. The SMILES string of the molecule is CC(=O)Nc1ccc2c(c1Br)CCC2=O.CC(=O)Nc1ccc2c(c1C)CCC2=O. The lowest BCUT2D eigenvalue weighted by molar-refractivity contribution is -0.115. The number of amides is 2. The molecular weight excluding hydrogens is 448 g/mol. The Kier molecular flexibility index (Phi) is 6.51. The summed E-state index contributed by atoms with van der Waals surface area (Å²) in [5.74, 6) is 0.199. The first-order chi connectivity index (χ1) is 14.2. The summed E-state index contributed by atoms with van der Waals surface area (Å²) in [4.78, 5) is 44.8. The van der Waals surface area contributed by atoms with Gasteiger partial charge in [-0.25, -0.2) is 0 Å². The van der Waals surface area contributed by atoms with E-state index in [0.29, 0.717) is 12.8 Å². The quantitative estimate of drug-likeness (QED) is 0.669. The summed E-state index contributed by atoms with van der Waals surface area (Å²) in [6.45, 7) is 4.89. The average molecular weight is 471 g/mol. The predicted octanol–water partition coefficient (Wildman–Crippen LogP) is 4.62. The third kappa shape index (κ3) is 4.51. The zero-order valence-corrected chi connectivity index (χ0v) is 18.7. The Morgan fingerprint density at radius 3 is 1.80 bits per heavy atom. The average Bonchev–Trinajstić information content (AvgIpc) is 3.24. The molecule has 7 heteroatoms. The minimum absolute atomic E-state index is 0.0811. The molecule has 2 aliphatic carbocycles. The highest BCUT2D eigenvalue weighted by atomic mass is 79.9. The second-order valence-electron chi connectivity index (χ2n) is 7.43. The maximum Gasteiger partial charge on any atom is 0.221 e. The molecule has 2 aromatic rings. The maximum atomic E-state index is 11.5. The number of benzene rings is 2. The molecule has 6 nitrogen and oxygen atoms in total. The van der Waals surface area contributed by atoms with E-state index in [1.54, 1.807) is 18.2 Å². The Balaban J connectivity index is 0.000000171. The van der Waals surface area contributed by atoms with E-state index in [2.05, 4.69) is 26.6 Å². The van der Waals surface area contributed by atoms with Crippen LogP contribution in [0, 0.1) is 6.92 Å². The highest BCUT2D eigenvalue weighted by molar-refractivity contribution is 9.10. The van der Waals surface area contributed by atoms with Crippen molar-refractivity contribution in [3.63, 3.8) is 0 Å². The van der Waals surface area contributed by atoms with E-state index in [1.165, 1.54) is 13.8 Å². The summed E-state index contributed by atoms with van der Waals surface area (Å²) in [5.41, 5.74) is 6.26. The van der Waals surface area contributed by atoms with Crippen LogP contribution < -0.4 is 10.6 Å². The summed E-state index contributed by atoms with van der Waals surface area (Å²) in [6, 6.07) is 7.15. The molecule has 0 aromatic heterocycles. The maximum absolute atomic E-state index is 11.5. The zero-order chi connectivity index (χ0) is 22.0. The van der Waals surface area contributed by atoms with Gasteiger partial charge in [-0.3, -0.25) is 19.2 Å². The Morgan fingerprint density at radius 2 is 1.23 bits per heavy atom. The van der Waals surface area contributed by atoms with Crippen molar-refractivity contribution in [2.24, 2.45) is 0 Å². The fraction of sp³-hybridized carbons (Fsp3) is 0.304. The van der Waals surface area contributed by atoms with Crippen molar-refractivity contribution in [2.75, 3.05) is 10.6 Å². The Labute approximate surface area is 183 Å². The van der Waals surface area contributed by atoms with Gasteiger partial charge in [-0.05, 0) is 76.7 Å². The number of hydrogen-bond acceptors (Lipinski definition) is 4. The number of nitrogens with one attached hydrogen (secondary N) is 2. The third-order valence-corrected chi connectivity index (χ3v) is 6.17. The minimum atomic E-state index is -0.111. The minimum Gasteiger partial charge on any atom is -0.326 e. The zero-order valence-electron chi connectivity index (χ0n) is 17.1. The molecule has 0 saturated heterocycles. The number of anilines is 2. The van der Waals surface area contributed by atoms with Crippen LogP contribution in [0.2, 0.25) is 0 Å². The first kappa shape index (κ1) is 21.9. The Morgan fingerprint density at radius 1 is 0.767 bits per heavy atom. The standard InChI is InChI=1S/C12H13NO2.C11H10BrNO2/c1-7-9-4-6-12(15)10(9)3-5-11(7)13-8(2)14;1-6(14)13-9-4-2-7-8(11(9)12)3-5-10(7)15/h3,5H,4,6H2,1-2H3,(H,13,14);2,4H,3,5H2,1H3,(H,13,14). The highest BCUT2D eigenvalue weighted by Crippen LogP contribution is 2.34. The van der Waals surface area contributed by atoms with Crippen LogP contribution in [0.25, 0.3) is 0 Å². The molecule has 2 N–H and O–H groups in total. The molecule has 0 saturated carbocycles. The van der Waals surface area contributed by atoms with Gasteiger partial charge >= 0.3 is 0 Å². The molecule has 0 heterocycles. The van der Waals surface area contributed by atoms with Gasteiger partial charge in [0, 0.05) is 48.0 Å². The Bertz CT molecular complexity index is 990. The van der Waals surface area contributed by atoms with E-state index in [4.69, 9.17) is 0 Å². The fourth-order valence-electron chi connectivity index (χ4n) is 3.82. The molecule has 0 spiro atoms. The summed E-state index contributed by atoms with van der Waals surface area (Å²) in [6.07, 6.45) is 2.72.